The highest BCUT2D eigenvalue weighted by atomic mass is 32.2. The van der Waals surface area contributed by atoms with Gasteiger partial charge >= 0.3 is 0 Å². The maximum Gasteiger partial charge on any atom is 0.264 e. The predicted molar refractivity (Wildman–Crippen MR) is 77.4 cm³/mol. The number of aryl methyl sites for hydroxylation is 1. The summed E-state index contributed by atoms with van der Waals surface area (Å²) in [6, 6.07) is 10.3. The van der Waals surface area contributed by atoms with Gasteiger partial charge in [0.25, 0.3) is 10.0 Å². The fraction of sp³-hybridized carbons (Fsp3) is 0.143. The lowest BCUT2D eigenvalue weighted by molar-refractivity contribution is 0.570. The Morgan fingerprint density at radius 2 is 1.80 bits per heavy atom. The third-order valence-corrected chi connectivity index (χ3v) is 4.26. The Balaban J connectivity index is 2.32. The first kappa shape index (κ1) is 14.3. The average molecular weight is 294 g/mol. The van der Waals surface area contributed by atoms with E-state index in [4.69, 9.17) is 5.73 Å². The number of nitrogens with two attached hydrogens (primary N) is 1. The number of hydrogen-bond acceptors (Lipinski definition) is 3. The molecule has 0 amide bonds. The molecule has 0 aromatic heterocycles. The molecule has 0 fully saturated rings. The molecule has 2 rings (SSSR count). The standard InChI is InChI=1S/C14H15FN2O2S/c1-2-10-3-6-12(7-4-10)17-20(18,19)14-9-11(16)5-8-13(14)15/h3-9,17H,2,16H2,1H3. The number of nitrogens with one attached hydrogen (secondary N) is 1. The Morgan fingerprint density at radius 3 is 2.40 bits per heavy atom. The van der Waals surface area contributed by atoms with Crippen LogP contribution >= 0.6 is 0 Å². The second-order valence-corrected chi connectivity index (χ2v) is 6.00. The van der Waals surface area contributed by atoms with E-state index in [9.17, 15) is 12.8 Å². The van der Waals surface area contributed by atoms with Gasteiger partial charge in [-0.2, -0.15) is 0 Å². The van der Waals surface area contributed by atoms with Crippen LogP contribution in [0.1, 0.15) is 12.5 Å². The van der Waals surface area contributed by atoms with Gasteiger partial charge in [-0.25, -0.2) is 12.8 Å². The molecule has 3 N–H and O–H groups in total. The normalized spacial score (nSPS) is 11.3. The van der Waals surface area contributed by atoms with Gasteiger partial charge < -0.3 is 5.73 Å². The van der Waals surface area contributed by atoms with Crippen LogP contribution in [0.5, 0.6) is 0 Å². The van der Waals surface area contributed by atoms with Crippen LogP contribution in [0.2, 0.25) is 0 Å². The Morgan fingerprint density at radius 1 is 1.15 bits per heavy atom. The minimum atomic E-state index is -3.99. The zero-order valence-electron chi connectivity index (χ0n) is 10.9. The van der Waals surface area contributed by atoms with E-state index in [-0.39, 0.29) is 5.69 Å². The molecule has 0 aliphatic carbocycles. The zero-order valence-corrected chi connectivity index (χ0v) is 11.7. The molecule has 0 atom stereocenters. The fourth-order valence-corrected chi connectivity index (χ4v) is 2.92. The van der Waals surface area contributed by atoms with Crippen molar-refractivity contribution in [2.45, 2.75) is 18.2 Å². The molecule has 6 heteroatoms. The van der Waals surface area contributed by atoms with Gasteiger partial charge in [0.15, 0.2) is 0 Å². The van der Waals surface area contributed by atoms with Crippen LogP contribution in [0.25, 0.3) is 0 Å². The molecule has 4 nitrogen and oxygen atoms in total. The molecule has 0 saturated heterocycles. The first-order chi connectivity index (χ1) is 9.42. The second kappa shape index (κ2) is 5.50. The molecule has 2 aromatic rings. The van der Waals surface area contributed by atoms with E-state index in [1.165, 1.54) is 6.07 Å². The number of benzene rings is 2. The quantitative estimate of drug-likeness (QED) is 0.852. The molecule has 0 unspecified atom stereocenters. The molecule has 0 heterocycles. The molecule has 20 heavy (non-hydrogen) atoms. The van der Waals surface area contributed by atoms with E-state index in [1.54, 1.807) is 12.1 Å². The fourth-order valence-electron chi connectivity index (χ4n) is 1.74. The van der Waals surface area contributed by atoms with Crippen LogP contribution in [-0.4, -0.2) is 8.42 Å². The Hall–Kier alpha value is -2.08. The maximum atomic E-state index is 13.6. The van der Waals surface area contributed by atoms with Gasteiger partial charge in [0.2, 0.25) is 0 Å². The van der Waals surface area contributed by atoms with Crippen LogP contribution in [-0.2, 0) is 16.4 Å². The van der Waals surface area contributed by atoms with Crippen molar-refractivity contribution < 1.29 is 12.8 Å². The highest BCUT2D eigenvalue weighted by molar-refractivity contribution is 7.92. The Labute approximate surface area is 117 Å². The van der Waals surface area contributed by atoms with Crippen molar-refractivity contribution in [3.8, 4) is 0 Å². The van der Waals surface area contributed by atoms with Gasteiger partial charge in [-0.05, 0) is 42.3 Å². The summed E-state index contributed by atoms with van der Waals surface area (Å²) in [6.45, 7) is 2.00. The monoisotopic (exact) mass is 294 g/mol. The smallest absolute Gasteiger partial charge is 0.264 e. The molecule has 106 valence electrons. The summed E-state index contributed by atoms with van der Waals surface area (Å²) in [5.41, 5.74) is 7.15. The van der Waals surface area contributed by atoms with Crippen molar-refractivity contribution in [3.63, 3.8) is 0 Å². The van der Waals surface area contributed by atoms with Crippen LogP contribution < -0.4 is 10.5 Å². The summed E-state index contributed by atoms with van der Waals surface area (Å²) >= 11 is 0. The third-order valence-electron chi connectivity index (χ3n) is 2.86. The molecule has 2 aromatic carbocycles. The molecular formula is C14H15FN2O2S. The first-order valence-electron chi connectivity index (χ1n) is 6.09. The van der Waals surface area contributed by atoms with E-state index in [2.05, 4.69) is 4.72 Å². The summed E-state index contributed by atoms with van der Waals surface area (Å²) in [6.07, 6.45) is 0.858. The largest absolute Gasteiger partial charge is 0.399 e. The van der Waals surface area contributed by atoms with Gasteiger partial charge in [-0.1, -0.05) is 19.1 Å². The van der Waals surface area contributed by atoms with E-state index in [1.807, 2.05) is 19.1 Å². The van der Waals surface area contributed by atoms with E-state index >= 15 is 0 Å². The summed E-state index contributed by atoms with van der Waals surface area (Å²) in [5, 5.41) is 0. The zero-order chi connectivity index (χ0) is 14.8. The van der Waals surface area contributed by atoms with E-state index < -0.39 is 20.7 Å². The summed E-state index contributed by atoms with van der Waals surface area (Å²) in [4.78, 5) is -0.461. The number of anilines is 2. The van der Waals surface area contributed by atoms with Crippen LogP contribution in [0.15, 0.2) is 47.4 Å². The van der Waals surface area contributed by atoms with Gasteiger partial charge in [0.1, 0.15) is 10.7 Å². The van der Waals surface area contributed by atoms with Gasteiger partial charge in [0.05, 0.1) is 0 Å². The summed E-state index contributed by atoms with van der Waals surface area (Å²) < 4.78 is 40.2. The number of hydrogen-bond donors (Lipinski definition) is 2. The summed E-state index contributed by atoms with van der Waals surface area (Å²) in [7, 11) is -3.99. The highest BCUT2D eigenvalue weighted by Crippen LogP contribution is 2.21. The SMILES string of the molecule is CCc1ccc(NS(=O)(=O)c2cc(N)ccc2F)cc1. The Kier molecular flexibility index (Phi) is 3.94. The number of nitrogen functional groups attached to an aromatic ring is 1. The number of rotatable bonds is 4. The van der Waals surface area contributed by atoms with Crippen LogP contribution in [0, 0.1) is 5.82 Å². The number of sulfonamides is 1. The lowest BCUT2D eigenvalue weighted by Gasteiger charge is -2.10. The first-order valence-corrected chi connectivity index (χ1v) is 7.57. The molecule has 0 aliphatic rings. The molecule has 0 bridgehead atoms. The topological polar surface area (TPSA) is 72.2 Å². The van der Waals surface area contributed by atoms with E-state index in [0.29, 0.717) is 5.69 Å². The minimum absolute atomic E-state index is 0.188. The Bertz CT molecular complexity index is 712. The summed E-state index contributed by atoms with van der Waals surface area (Å²) in [5.74, 6) is -0.836. The molecule has 0 radical (unpaired) electrons. The van der Waals surface area contributed by atoms with Crippen LogP contribution in [0.3, 0.4) is 0 Å². The van der Waals surface area contributed by atoms with Crippen molar-refractivity contribution in [1.29, 1.82) is 0 Å². The maximum absolute atomic E-state index is 13.6. The minimum Gasteiger partial charge on any atom is -0.399 e. The van der Waals surface area contributed by atoms with Gasteiger partial charge in [-0.15, -0.1) is 0 Å². The van der Waals surface area contributed by atoms with E-state index in [0.717, 1.165) is 24.1 Å². The van der Waals surface area contributed by atoms with Crippen molar-refractivity contribution >= 4 is 21.4 Å². The van der Waals surface area contributed by atoms with Gasteiger partial charge in [-0.3, -0.25) is 4.72 Å². The molecular weight excluding hydrogens is 279 g/mol. The van der Waals surface area contributed by atoms with Crippen molar-refractivity contribution in [2.24, 2.45) is 0 Å². The second-order valence-electron chi connectivity index (χ2n) is 4.35. The van der Waals surface area contributed by atoms with Crippen molar-refractivity contribution in [3.05, 3.63) is 53.8 Å². The predicted octanol–water partition coefficient (Wildman–Crippen LogP) is 2.77. The highest BCUT2D eigenvalue weighted by Gasteiger charge is 2.19. The van der Waals surface area contributed by atoms with Crippen LogP contribution in [0.4, 0.5) is 15.8 Å². The average Bonchev–Trinajstić information content (AvgIpc) is 2.42. The lowest BCUT2D eigenvalue weighted by Crippen LogP contribution is -2.15. The van der Waals surface area contributed by atoms with Crippen molar-refractivity contribution in [1.82, 2.24) is 0 Å². The van der Waals surface area contributed by atoms with Gasteiger partial charge in [0, 0.05) is 11.4 Å². The lowest BCUT2D eigenvalue weighted by atomic mass is 10.2. The molecule has 0 spiro atoms. The number of halogens is 1. The van der Waals surface area contributed by atoms with Crippen molar-refractivity contribution in [2.75, 3.05) is 10.5 Å². The third kappa shape index (κ3) is 3.08. The molecule has 0 aliphatic heterocycles. The molecule has 0 saturated carbocycles.